The molecule has 0 bridgehead atoms. The van der Waals surface area contributed by atoms with Gasteiger partial charge in [-0.1, -0.05) is 17.7 Å². The Morgan fingerprint density at radius 1 is 1.15 bits per heavy atom. The summed E-state index contributed by atoms with van der Waals surface area (Å²) in [6.07, 6.45) is 2.59. The molecule has 0 atom stereocenters. The van der Waals surface area contributed by atoms with Gasteiger partial charge in [-0.25, -0.2) is 0 Å². The van der Waals surface area contributed by atoms with Crippen molar-refractivity contribution in [1.29, 1.82) is 0 Å². The van der Waals surface area contributed by atoms with Crippen LogP contribution in [-0.4, -0.2) is 6.04 Å². The van der Waals surface area contributed by atoms with E-state index in [4.69, 9.17) is 16.3 Å². The molecule has 0 spiro atoms. The largest absolute Gasteiger partial charge is 0.456 e. The van der Waals surface area contributed by atoms with Crippen molar-refractivity contribution in [2.45, 2.75) is 25.4 Å². The molecule has 0 amide bonds. The summed E-state index contributed by atoms with van der Waals surface area (Å²) < 4.78 is 6.98. The summed E-state index contributed by atoms with van der Waals surface area (Å²) in [6.45, 7) is 0.869. The Hall–Kier alpha value is -0.780. The van der Waals surface area contributed by atoms with Gasteiger partial charge in [0.1, 0.15) is 11.5 Å². The quantitative estimate of drug-likeness (QED) is 0.715. The maximum Gasteiger partial charge on any atom is 0.146 e. The molecule has 0 saturated heterocycles. The molecule has 2 aromatic rings. The van der Waals surface area contributed by atoms with E-state index < -0.39 is 0 Å². The predicted octanol–water partition coefficient (Wildman–Crippen LogP) is 4.99. The number of hydrogen-bond donors (Lipinski definition) is 1. The average Bonchev–Trinajstić information content (AvgIpc) is 3.26. The monoisotopic (exact) mass is 399 g/mol. The molecule has 1 aliphatic carbocycles. The summed E-state index contributed by atoms with van der Waals surface area (Å²) in [5.41, 5.74) is 1.19. The highest BCUT2D eigenvalue weighted by Gasteiger charge is 2.20. The molecule has 0 radical (unpaired) electrons. The molecule has 0 unspecified atom stereocenters. The zero-order valence-electron chi connectivity index (χ0n) is 10.9. The van der Waals surface area contributed by atoms with Crippen molar-refractivity contribution >= 4 is 34.2 Å². The lowest BCUT2D eigenvalue weighted by Crippen LogP contribution is -2.15. The molecule has 2 aromatic carbocycles. The second kappa shape index (κ2) is 6.33. The molecule has 1 saturated carbocycles. The van der Waals surface area contributed by atoms with Gasteiger partial charge >= 0.3 is 0 Å². The Bertz CT molecular complexity index is 596. The molecule has 0 aliphatic heterocycles. The van der Waals surface area contributed by atoms with E-state index in [9.17, 15) is 0 Å². The third kappa shape index (κ3) is 3.87. The van der Waals surface area contributed by atoms with Crippen molar-refractivity contribution in [2.75, 3.05) is 0 Å². The SMILES string of the molecule is Clc1cc(CNC2CC2)ccc1Oc1ccc(I)cc1. The Morgan fingerprint density at radius 3 is 2.55 bits per heavy atom. The smallest absolute Gasteiger partial charge is 0.146 e. The molecule has 1 fully saturated rings. The Balaban J connectivity index is 1.68. The molecule has 104 valence electrons. The van der Waals surface area contributed by atoms with Gasteiger partial charge in [-0.2, -0.15) is 0 Å². The lowest BCUT2D eigenvalue weighted by molar-refractivity contribution is 0.482. The summed E-state index contributed by atoms with van der Waals surface area (Å²) in [6, 6.07) is 14.6. The van der Waals surface area contributed by atoms with Crippen molar-refractivity contribution in [1.82, 2.24) is 5.32 Å². The van der Waals surface area contributed by atoms with Crippen molar-refractivity contribution in [3.63, 3.8) is 0 Å². The normalized spacial score (nSPS) is 14.3. The van der Waals surface area contributed by atoms with Crippen LogP contribution in [0.3, 0.4) is 0 Å². The van der Waals surface area contributed by atoms with Gasteiger partial charge < -0.3 is 10.1 Å². The van der Waals surface area contributed by atoms with Crippen LogP contribution >= 0.6 is 34.2 Å². The minimum absolute atomic E-state index is 0.652. The van der Waals surface area contributed by atoms with Crippen molar-refractivity contribution in [3.8, 4) is 11.5 Å². The molecule has 1 N–H and O–H groups in total. The summed E-state index contributed by atoms with van der Waals surface area (Å²) in [4.78, 5) is 0. The Kier molecular flexibility index (Phi) is 4.48. The van der Waals surface area contributed by atoms with Gasteiger partial charge in [0, 0.05) is 16.2 Å². The lowest BCUT2D eigenvalue weighted by Gasteiger charge is -2.10. The Morgan fingerprint density at radius 2 is 1.90 bits per heavy atom. The molecule has 1 aliphatic rings. The maximum absolute atomic E-state index is 6.29. The fraction of sp³-hybridized carbons (Fsp3) is 0.250. The van der Waals surface area contributed by atoms with Crippen molar-refractivity contribution in [3.05, 3.63) is 56.6 Å². The molecule has 3 rings (SSSR count). The summed E-state index contributed by atoms with van der Waals surface area (Å²) in [5.74, 6) is 1.50. The van der Waals surface area contributed by atoms with Crippen LogP contribution in [0, 0.1) is 3.57 Å². The molecule has 0 aromatic heterocycles. The highest BCUT2D eigenvalue weighted by molar-refractivity contribution is 14.1. The zero-order valence-corrected chi connectivity index (χ0v) is 13.8. The third-order valence-corrected chi connectivity index (χ3v) is 4.22. The van der Waals surface area contributed by atoms with Crippen LogP contribution in [0.4, 0.5) is 0 Å². The van der Waals surface area contributed by atoms with E-state index in [1.165, 1.54) is 22.0 Å². The second-order valence-corrected chi connectivity index (χ2v) is 6.63. The van der Waals surface area contributed by atoms with Gasteiger partial charge in [-0.15, -0.1) is 0 Å². The van der Waals surface area contributed by atoms with E-state index in [1.807, 2.05) is 36.4 Å². The summed E-state index contributed by atoms with van der Waals surface area (Å²) in [7, 11) is 0. The molecular formula is C16H15ClINO. The molecule has 2 nitrogen and oxygen atoms in total. The first-order valence-electron chi connectivity index (χ1n) is 6.66. The van der Waals surface area contributed by atoms with E-state index in [0.29, 0.717) is 16.8 Å². The van der Waals surface area contributed by atoms with E-state index in [-0.39, 0.29) is 0 Å². The fourth-order valence-electron chi connectivity index (χ4n) is 1.92. The second-order valence-electron chi connectivity index (χ2n) is 4.98. The average molecular weight is 400 g/mol. The van der Waals surface area contributed by atoms with E-state index in [2.05, 4.69) is 34.0 Å². The molecule has 4 heteroatoms. The van der Waals surface area contributed by atoms with Crippen LogP contribution in [0.15, 0.2) is 42.5 Å². The van der Waals surface area contributed by atoms with E-state index >= 15 is 0 Å². The van der Waals surface area contributed by atoms with Crippen molar-refractivity contribution < 1.29 is 4.74 Å². The number of nitrogens with one attached hydrogen (secondary N) is 1. The standard InChI is InChI=1S/C16H15ClINO/c17-15-9-11(10-19-13-4-5-13)1-8-16(15)20-14-6-2-12(18)3-7-14/h1-3,6-9,13,19H,4-5,10H2. The van der Waals surface area contributed by atoms with Crippen LogP contribution in [-0.2, 0) is 6.54 Å². The summed E-state index contributed by atoms with van der Waals surface area (Å²) >= 11 is 8.56. The highest BCUT2D eigenvalue weighted by Crippen LogP contribution is 2.30. The van der Waals surface area contributed by atoms with Crippen LogP contribution < -0.4 is 10.1 Å². The molecule has 0 heterocycles. The number of ether oxygens (including phenoxy) is 1. The number of halogens is 2. The van der Waals surface area contributed by atoms with Crippen LogP contribution in [0.1, 0.15) is 18.4 Å². The first-order chi connectivity index (χ1) is 9.70. The van der Waals surface area contributed by atoms with E-state index in [1.54, 1.807) is 0 Å². The van der Waals surface area contributed by atoms with Gasteiger partial charge in [0.05, 0.1) is 5.02 Å². The highest BCUT2D eigenvalue weighted by atomic mass is 127. The van der Waals surface area contributed by atoms with Crippen LogP contribution in [0.2, 0.25) is 5.02 Å². The molecular weight excluding hydrogens is 385 g/mol. The minimum Gasteiger partial charge on any atom is -0.456 e. The first kappa shape index (κ1) is 14.2. The number of benzene rings is 2. The van der Waals surface area contributed by atoms with Gasteiger partial charge in [0.15, 0.2) is 0 Å². The first-order valence-corrected chi connectivity index (χ1v) is 8.11. The molecule has 20 heavy (non-hydrogen) atoms. The van der Waals surface area contributed by atoms with Gasteiger partial charge in [-0.05, 0) is 77.4 Å². The Labute approximate surface area is 137 Å². The minimum atomic E-state index is 0.652. The van der Waals surface area contributed by atoms with Gasteiger partial charge in [0.25, 0.3) is 0 Å². The fourth-order valence-corrected chi connectivity index (χ4v) is 2.52. The summed E-state index contributed by atoms with van der Waals surface area (Å²) in [5, 5.41) is 4.13. The van der Waals surface area contributed by atoms with Crippen LogP contribution in [0.5, 0.6) is 11.5 Å². The topological polar surface area (TPSA) is 21.3 Å². The van der Waals surface area contributed by atoms with Gasteiger partial charge in [-0.3, -0.25) is 0 Å². The number of hydrogen-bond acceptors (Lipinski definition) is 2. The van der Waals surface area contributed by atoms with E-state index in [0.717, 1.165) is 12.3 Å². The van der Waals surface area contributed by atoms with Crippen LogP contribution in [0.25, 0.3) is 0 Å². The third-order valence-electron chi connectivity index (χ3n) is 3.21. The zero-order chi connectivity index (χ0) is 13.9. The van der Waals surface area contributed by atoms with Crippen molar-refractivity contribution in [2.24, 2.45) is 0 Å². The van der Waals surface area contributed by atoms with Gasteiger partial charge in [0.2, 0.25) is 0 Å². The number of rotatable bonds is 5. The maximum atomic E-state index is 6.29. The lowest BCUT2D eigenvalue weighted by atomic mass is 10.2. The predicted molar refractivity (Wildman–Crippen MR) is 90.5 cm³/mol.